The fraction of sp³-hybridized carbons (Fsp3) is 0.316. The van der Waals surface area contributed by atoms with Crippen LogP contribution in [0.5, 0.6) is 0 Å². The van der Waals surface area contributed by atoms with Crippen LogP contribution in [0.15, 0.2) is 42.5 Å². The molecule has 2 aliphatic heterocycles. The summed E-state index contributed by atoms with van der Waals surface area (Å²) < 4.78 is 59.3. The van der Waals surface area contributed by atoms with Crippen molar-refractivity contribution in [1.82, 2.24) is 4.31 Å². The molecule has 1 saturated heterocycles. The van der Waals surface area contributed by atoms with E-state index in [0.29, 0.717) is 30.0 Å². The van der Waals surface area contributed by atoms with E-state index in [9.17, 15) is 22.0 Å². The van der Waals surface area contributed by atoms with Crippen LogP contribution >= 0.6 is 0 Å². The lowest BCUT2D eigenvalue weighted by Gasteiger charge is -2.38. The van der Waals surface area contributed by atoms with E-state index in [2.05, 4.69) is 0 Å². The molecule has 4 rings (SSSR count). The van der Waals surface area contributed by atoms with Gasteiger partial charge >= 0.3 is 5.97 Å². The minimum atomic E-state index is -3.84. The number of hydrogen-bond acceptors (Lipinski definition) is 4. The van der Waals surface area contributed by atoms with E-state index < -0.39 is 39.0 Å². The molecule has 0 saturated carbocycles. The number of esters is 1. The number of carbonyl (C=O) groups is 1. The van der Waals surface area contributed by atoms with Gasteiger partial charge in [0, 0.05) is 18.2 Å². The van der Waals surface area contributed by atoms with Crippen molar-refractivity contribution in [3.63, 3.8) is 0 Å². The van der Waals surface area contributed by atoms with Crippen molar-refractivity contribution in [2.24, 2.45) is 0 Å². The quantitative estimate of drug-likeness (QED) is 0.753. The molecule has 1 atom stereocenters. The maximum atomic E-state index is 13.4. The van der Waals surface area contributed by atoms with Crippen LogP contribution in [0.2, 0.25) is 0 Å². The van der Waals surface area contributed by atoms with Gasteiger partial charge in [0.1, 0.15) is 11.6 Å². The van der Waals surface area contributed by atoms with Crippen molar-refractivity contribution in [3.05, 3.63) is 70.8 Å². The molecule has 2 aromatic rings. The first kappa shape index (κ1) is 18.1. The number of halogens is 2. The normalized spacial score (nSPS) is 22.7. The topological polar surface area (TPSA) is 63.7 Å². The van der Waals surface area contributed by atoms with Gasteiger partial charge in [-0.3, -0.25) is 0 Å². The van der Waals surface area contributed by atoms with E-state index >= 15 is 0 Å². The monoisotopic (exact) mass is 393 g/mol. The van der Waals surface area contributed by atoms with Crippen LogP contribution in [0.3, 0.4) is 0 Å². The van der Waals surface area contributed by atoms with E-state index in [0.717, 1.165) is 12.1 Å². The molecular formula is C19H17F2NO4S. The van der Waals surface area contributed by atoms with Gasteiger partial charge in [-0.05, 0) is 36.6 Å². The highest BCUT2D eigenvalue weighted by molar-refractivity contribution is 7.88. The predicted octanol–water partition coefficient (Wildman–Crippen LogP) is 2.96. The van der Waals surface area contributed by atoms with Crippen LogP contribution in [0, 0.1) is 11.6 Å². The molecule has 0 N–H and O–H groups in total. The standard InChI is InChI=1S/C19H17F2NO4S/c20-14-8-13(9-15(21)10-14)11-27(24,25)22-7-3-6-19(12-22)17-5-2-1-4-16(17)18(23)26-19/h1-2,4-5,8-10H,3,6-7,11-12H2. The Morgan fingerprint density at radius 1 is 1.11 bits per heavy atom. The number of sulfonamides is 1. The summed E-state index contributed by atoms with van der Waals surface area (Å²) in [5.41, 5.74) is 0.165. The zero-order valence-corrected chi connectivity index (χ0v) is 15.1. The minimum Gasteiger partial charge on any atom is -0.449 e. The van der Waals surface area contributed by atoms with Gasteiger partial charge in [0.25, 0.3) is 0 Å². The first-order valence-corrected chi connectivity index (χ1v) is 10.2. The first-order chi connectivity index (χ1) is 12.8. The molecule has 0 radical (unpaired) electrons. The second-order valence-corrected chi connectivity index (χ2v) is 8.87. The number of rotatable bonds is 3. The smallest absolute Gasteiger partial charge is 0.339 e. The van der Waals surface area contributed by atoms with Crippen LogP contribution in [0.1, 0.15) is 34.3 Å². The molecular weight excluding hydrogens is 376 g/mol. The summed E-state index contributed by atoms with van der Waals surface area (Å²) in [4.78, 5) is 12.2. The van der Waals surface area contributed by atoms with Gasteiger partial charge in [-0.1, -0.05) is 18.2 Å². The van der Waals surface area contributed by atoms with Crippen molar-refractivity contribution < 1.29 is 26.7 Å². The molecule has 142 valence electrons. The Labute approximate surface area is 155 Å². The Bertz CT molecular complexity index is 1000. The molecule has 2 aromatic carbocycles. The van der Waals surface area contributed by atoms with Crippen molar-refractivity contribution in [1.29, 1.82) is 0 Å². The highest BCUT2D eigenvalue weighted by atomic mass is 32.2. The van der Waals surface area contributed by atoms with Gasteiger partial charge in [-0.25, -0.2) is 22.0 Å². The molecule has 0 aliphatic carbocycles. The molecule has 8 heteroatoms. The van der Waals surface area contributed by atoms with E-state index in [4.69, 9.17) is 4.74 Å². The Morgan fingerprint density at radius 2 is 1.81 bits per heavy atom. The summed E-state index contributed by atoms with van der Waals surface area (Å²) in [5.74, 6) is -2.63. The third-order valence-corrected chi connectivity index (χ3v) is 6.81. The van der Waals surface area contributed by atoms with Crippen LogP contribution in [-0.2, 0) is 26.1 Å². The van der Waals surface area contributed by atoms with Gasteiger partial charge in [0.05, 0.1) is 17.9 Å². The van der Waals surface area contributed by atoms with Crippen molar-refractivity contribution >= 4 is 16.0 Å². The first-order valence-electron chi connectivity index (χ1n) is 8.55. The Hall–Kier alpha value is -2.32. The molecule has 5 nitrogen and oxygen atoms in total. The molecule has 0 aromatic heterocycles. The third-order valence-electron chi connectivity index (χ3n) is 5.01. The fourth-order valence-electron chi connectivity index (χ4n) is 3.87. The number of carbonyl (C=O) groups excluding carboxylic acids is 1. The summed E-state index contributed by atoms with van der Waals surface area (Å²) in [6.45, 7) is 0.261. The predicted molar refractivity (Wildman–Crippen MR) is 93.3 cm³/mol. The number of ether oxygens (including phenoxy) is 1. The average molecular weight is 393 g/mol. The number of benzene rings is 2. The van der Waals surface area contributed by atoms with Gasteiger partial charge < -0.3 is 4.74 Å². The Morgan fingerprint density at radius 3 is 2.56 bits per heavy atom. The molecule has 1 spiro atoms. The second-order valence-electron chi connectivity index (χ2n) is 6.90. The largest absolute Gasteiger partial charge is 0.449 e. The lowest BCUT2D eigenvalue weighted by atomic mass is 9.86. The van der Waals surface area contributed by atoms with E-state index in [1.165, 1.54) is 4.31 Å². The highest BCUT2D eigenvalue weighted by Gasteiger charge is 2.49. The fourth-order valence-corrected chi connectivity index (χ4v) is 5.45. The van der Waals surface area contributed by atoms with E-state index in [1.54, 1.807) is 24.3 Å². The molecule has 0 bridgehead atoms. The van der Waals surface area contributed by atoms with E-state index in [1.807, 2.05) is 0 Å². The lowest BCUT2D eigenvalue weighted by molar-refractivity contribution is -0.0345. The van der Waals surface area contributed by atoms with Crippen molar-refractivity contribution in [3.8, 4) is 0 Å². The Kier molecular flexibility index (Phi) is 4.27. The summed E-state index contributed by atoms with van der Waals surface area (Å²) >= 11 is 0. The summed E-state index contributed by atoms with van der Waals surface area (Å²) in [6, 6.07) is 9.66. The van der Waals surface area contributed by atoms with Crippen molar-refractivity contribution in [2.45, 2.75) is 24.2 Å². The second kappa shape index (κ2) is 6.38. The van der Waals surface area contributed by atoms with E-state index in [-0.39, 0.29) is 18.7 Å². The van der Waals surface area contributed by atoms with Gasteiger partial charge in [0.2, 0.25) is 10.0 Å². The summed E-state index contributed by atoms with van der Waals surface area (Å²) in [6.07, 6.45) is 1.04. The molecule has 1 fully saturated rings. The number of hydrogen-bond donors (Lipinski definition) is 0. The van der Waals surface area contributed by atoms with Crippen LogP contribution < -0.4 is 0 Å². The molecule has 1 unspecified atom stereocenters. The third kappa shape index (κ3) is 3.23. The maximum absolute atomic E-state index is 13.4. The zero-order valence-electron chi connectivity index (χ0n) is 14.3. The zero-order chi connectivity index (χ0) is 19.2. The van der Waals surface area contributed by atoms with Crippen molar-refractivity contribution in [2.75, 3.05) is 13.1 Å². The SMILES string of the molecule is O=C1OC2(CCCN(S(=O)(=O)Cc3cc(F)cc(F)c3)C2)c2ccccc21. The molecule has 27 heavy (non-hydrogen) atoms. The number of nitrogens with zero attached hydrogens (tertiary/aromatic N) is 1. The van der Waals surface area contributed by atoms with Gasteiger partial charge in [-0.15, -0.1) is 0 Å². The molecule has 2 heterocycles. The summed E-state index contributed by atoms with van der Waals surface area (Å²) in [5, 5.41) is 0. The number of fused-ring (bicyclic) bond motifs is 2. The van der Waals surface area contributed by atoms with Crippen LogP contribution in [-0.4, -0.2) is 31.8 Å². The lowest BCUT2D eigenvalue weighted by Crippen LogP contribution is -2.49. The molecule has 0 amide bonds. The van der Waals surface area contributed by atoms with Crippen LogP contribution in [0.4, 0.5) is 8.78 Å². The average Bonchev–Trinajstić information content (AvgIpc) is 2.86. The Balaban J connectivity index is 1.62. The summed E-state index contributed by atoms with van der Waals surface area (Å²) in [7, 11) is -3.84. The maximum Gasteiger partial charge on any atom is 0.339 e. The molecule has 2 aliphatic rings. The highest BCUT2D eigenvalue weighted by Crippen LogP contribution is 2.43. The van der Waals surface area contributed by atoms with Gasteiger partial charge in [0.15, 0.2) is 5.60 Å². The van der Waals surface area contributed by atoms with Crippen LogP contribution in [0.25, 0.3) is 0 Å². The number of piperidine rings is 1. The van der Waals surface area contributed by atoms with Gasteiger partial charge in [-0.2, -0.15) is 4.31 Å². The minimum absolute atomic E-state index is 0.00408.